The first-order chi connectivity index (χ1) is 18.9. The van der Waals surface area contributed by atoms with E-state index in [4.69, 9.17) is 28.5 Å². The van der Waals surface area contributed by atoms with Gasteiger partial charge in [-0.15, -0.1) is 0 Å². The molecule has 5 N–H and O–H groups in total. The van der Waals surface area contributed by atoms with Gasteiger partial charge in [-0.05, 0) is 24.3 Å². The Morgan fingerprint density at radius 2 is 1.70 bits per heavy atom. The quantitative estimate of drug-likeness (QED) is 0.189. The predicted octanol–water partition coefficient (Wildman–Crippen LogP) is 0.646. The summed E-state index contributed by atoms with van der Waals surface area (Å²) in [6.45, 7) is 0.370. The molecule has 1 aliphatic rings. The van der Waals surface area contributed by atoms with Crippen molar-refractivity contribution >= 4 is 28.9 Å². The number of benzene rings is 2. The number of carbonyl (C=O) groups is 3. The minimum absolute atomic E-state index is 0.000610. The summed E-state index contributed by atoms with van der Waals surface area (Å²) < 4.78 is 26.8. The summed E-state index contributed by atoms with van der Waals surface area (Å²) in [4.78, 5) is 46.6. The third-order valence-electron chi connectivity index (χ3n) is 5.83. The summed E-state index contributed by atoms with van der Waals surface area (Å²) in [5, 5.41) is 49.8. The Morgan fingerprint density at radius 3 is 2.35 bits per heavy atom. The second kappa shape index (κ2) is 11.6. The lowest BCUT2D eigenvalue weighted by molar-refractivity contribution is -0.282. The van der Waals surface area contributed by atoms with Crippen LogP contribution in [0, 0.1) is 0 Å². The number of carboxylic acid groups (broad SMARTS) is 1. The molecule has 0 saturated carbocycles. The lowest BCUT2D eigenvalue weighted by Gasteiger charge is -2.41. The third kappa shape index (κ3) is 6.31. The number of ether oxygens (including phenoxy) is 4. The Labute approximate surface area is 224 Å². The molecule has 0 bridgehead atoms. The number of hydrogen-bond acceptors (Lipinski definition) is 13. The maximum Gasteiger partial charge on any atom is 0.317 e. The summed E-state index contributed by atoms with van der Waals surface area (Å²) in [6.07, 6.45) is -9.14. The number of aromatic hydroxyl groups is 2. The van der Waals surface area contributed by atoms with E-state index in [0.29, 0.717) is 5.56 Å². The molecular weight excluding hydrogens is 536 g/mol. The van der Waals surface area contributed by atoms with E-state index in [2.05, 4.69) is 0 Å². The van der Waals surface area contributed by atoms with Gasteiger partial charge in [0, 0.05) is 30.7 Å². The minimum atomic E-state index is -1.82. The molecule has 4 rings (SSSR count). The van der Waals surface area contributed by atoms with E-state index in [9.17, 15) is 39.6 Å². The van der Waals surface area contributed by atoms with Crippen LogP contribution in [0.4, 0.5) is 0 Å². The summed E-state index contributed by atoms with van der Waals surface area (Å²) in [5.41, 5.74) is -0.229. The maximum atomic E-state index is 12.7. The number of aliphatic carboxylic acids is 1. The third-order valence-corrected chi connectivity index (χ3v) is 5.83. The van der Waals surface area contributed by atoms with Crippen molar-refractivity contribution in [3.8, 4) is 28.6 Å². The van der Waals surface area contributed by atoms with Gasteiger partial charge >= 0.3 is 17.9 Å². The Bertz CT molecular complexity index is 1480. The van der Waals surface area contributed by atoms with Crippen molar-refractivity contribution in [3.05, 3.63) is 52.7 Å². The molecule has 0 aliphatic carbocycles. The molecule has 14 heteroatoms. The Morgan fingerprint density at radius 1 is 1.00 bits per heavy atom. The van der Waals surface area contributed by atoms with Crippen molar-refractivity contribution in [2.45, 2.75) is 44.1 Å². The second-order valence-corrected chi connectivity index (χ2v) is 8.81. The molecular formula is C26H24O14. The van der Waals surface area contributed by atoms with Gasteiger partial charge in [0.2, 0.25) is 6.29 Å². The first-order valence-electron chi connectivity index (χ1n) is 11.8. The normalized spacial score (nSPS) is 22.4. The van der Waals surface area contributed by atoms with Crippen molar-refractivity contribution in [3.63, 3.8) is 0 Å². The summed E-state index contributed by atoms with van der Waals surface area (Å²) >= 11 is 0. The van der Waals surface area contributed by atoms with Gasteiger partial charge in [-0.25, -0.2) is 0 Å². The number of esters is 2. The van der Waals surface area contributed by atoms with Crippen molar-refractivity contribution in [1.82, 2.24) is 0 Å². The minimum Gasteiger partial charge on any atom is -0.508 e. The van der Waals surface area contributed by atoms with Gasteiger partial charge in [-0.1, -0.05) is 0 Å². The van der Waals surface area contributed by atoms with Crippen molar-refractivity contribution in [2.75, 3.05) is 6.61 Å². The van der Waals surface area contributed by atoms with Crippen LogP contribution in [-0.2, 0) is 28.6 Å². The zero-order valence-electron chi connectivity index (χ0n) is 20.8. The zero-order chi connectivity index (χ0) is 29.1. The molecule has 0 radical (unpaired) electrons. The van der Waals surface area contributed by atoms with Crippen LogP contribution in [0.5, 0.6) is 17.2 Å². The maximum absolute atomic E-state index is 12.7. The van der Waals surface area contributed by atoms with Crippen molar-refractivity contribution in [2.24, 2.45) is 0 Å². The molecule has 1 aliphatic heterocycles. The lowest BCUT2D eigenvalue weighted by Crippen LogP contribution is -2.61. The molecule has 0 amide bonds. The first-order valence-corrected chi connectivity index (χ1v) is 11.8. The van der Waals surface area contributed by atoms with Gasteiger partial charge in [-0.2, -0.15) is 0 Å². The highest BCUT2D eigenvalue weighted by Gasteiger charge is 2.48. The molecule has 3 aromatic rings. The molecule has 5 atom stereocenters. The molecule has 212 valence electrons. The predicted molar refractivity (Wildman–Crippen MR) is 131 cm³/mol. The molecule has 1 saturated heterocycles. The molecule has 0 unspecified atom stereocenters. The van der Waals surface area contributed by atoms with Crippen molar-refractivity contribution in [1.29, 1.82) is 0 Å². The molecule has 2 heterocycles. The summed E-state index contributed by atoms with van der Waals surface area (Å²) in [5.74, 6) is -4.00. The number of fused-ring (bicyclic) bond motifs is 1. The van der Waals surface area contributed by atoms with Crippen LogP contribution >= 0.6 is 0 Å². The Balaban J connectivity index is 1.61. The SMILES string of the molecule is CC(=O)O[C@H]1[C@H](O)[C@@H](O)[C@H](Oc2cc(O)c3c(=O)cc(-c4ccc(O)cc4)oc3c2)O[C@@H]1COC(=O)CC(=O)O. The van der Waals surface area contributed by atoms with Gasteiger partial charge in [0.1, 0.15) is 65.3 Å². The fraction of sp³-hybridized carbons (Fsp3) is 0.308. The average molecular weight is 560 g/mol. The number of phenols is 2. The molecule has 0 spiro atoms. The highest BCUT2D eigenvalue weighted by atomic mass is 16.7. The highest BCUT2D eigenvalue weighted by molar-refractivity contribution is 5.90. The number of rotatable bonds is 8. The Hall–Kier alpha value is -4.66. The van der Waals surface area contributed by atoms with Gasteiger partial charge in [-0.3, -0.25) is 19.2 Å². The van der Waals surface area contributed by atoms with E-state index < -0.39 is 72.8 Å². The number of phenolic OH excluding ortho intramolecular Hbond substituents is 2. The molecule has 1 aromatic heterocycles. The van der Waals surface area contributed by atoms with Gasteiger partial charge in [0.05, 0.1) is 0 Å². The fourth-order valence-electron chi connectivity index (χ4n) is 4.04. The van der Waals surface area contributed by atoms with Crippen LogP contribution in [0.25, 0.3) is 22.3 Å². The van der Waals surface area contributed by atoms with Crippen molar-refractivity contribution < 1.29 is 63.3 Å². The molecule has 2 aromatic carbocycles. The number of carboxylic acids is 1. The van der Waals surface area contributed by atoms with E-state index in [1.807, 2.05) is 0 Å². The average Bonchev–Trinajstić information content (AvgIpc) is 2.87. The van der Waals surface area contributed by atoms with Crippen LogP contribution in [0.3, 0.4) is 0 Å². The monoisotopic (exact) mass is 560 g/mol. The molecule has 40 heavy (non-hydrogen) atoms. The molecule has 14 nitrogen and oxygen atoms in total. The zero-order valence-corrected chi connectivity index (χ0v) is 20.8. The largest absolute Gasteiger partial charge is 0.508 e. The van der Waals surface area contributed by atoms with E-state index in [0.717, 1.165) is 19.1 Å². The van der Waals surface area contributed by atoms with E-state index in [1.54, 1.807) is 0 Å². The number of carbonyl (C=O) groups excluding carboxylic acids is 2. The van der Waals surface area contributed by atoms with E-state index >= 15 is 0 Å². The van der Waals surface area contributed by atoms with Crippen LogP contribution in [0.2, 0.25) is 0 Å². The second-order valence-electron chi connectivity index (χ2n) is 8.81. The summed E-state index contributed by atoms with van der Waals surface area (Å²) in [6, 6.07) is 9.23. The van der Waals surface area contributed by atoms with Gasteiger partial charge in [0.15, 0.2) is 11.5 Å². The smallest absolute Gasteiger partial charge is 0.317 e. The number of hydrogen-bond donors (Lipinski definition) is 5. The number of aliphatic hydroxyl groups is 2. The van der Waals surface area contributed by atoms with Crippen LogP contribution < -0.4 is 10.2 Å². The lowest BCUT2D eigenvalue weighted by atomic mass is 9.99. The van der Waals surface area contributed by atoms with E-state index in [-0.39, 0.29) is 28.2 Å². The van der Waals surface area contributed by atoms with Crippen LogP contribution in [-0.4, -0.2) is 80.8 Å². The van der Waals surface area contributed by atoms with Crippen LogP contribution in [0.1, 0.15) is 13.3 Å². The van der Waals surface area contributed by atoms with Gasteiger partial charge < -0.3 is 48.9 Å². The standard InChI is InChI=1S/C26H24O14/c1-11(27)37-25-19(10-36-21(33)9-20(31)32)40-26(24(35)23(25)34)38-14-6-15(29)22-16(30)8-17(39-18(22)7-14)12-2-4-13(28)5-3-12/h2-8,19,23-26,28-29,34-35H,9-10H2,1H3,(H,31,32)/t19-,23-,24-,25-,26-/m1/s1. The number of aliphatic hydroxyl groups excluding tert-OH is 2. The highest BCUT2D eigenvalue weighted by Crippen LogP contribution is 2.34. The Kier molecular flexibility index (Phi) is 8.23. The van der Waals surface area contributed by atoms with Gasteiger partial charge in [0.25, 0.3) is 0 Å². The molecule has 1 fully saturated rings. The fourth-order valence-corrected chi connectivity index (χ4v) is 4.04. The van der Waals surface area contributed by atoms with E-state index in [1.165, 1.54) is 30.3 Å². The first kappa shape index (κ1) is 28.4. The topological polar surface area (TPSA) is 219 Å². The van der Waals surface area contributed by atoms with Crippen LogP contribution in [0.15, 0.2) is 51.7 Å². The summed E-state index contributed by atoms with van der Waals surface area (Å²) in [7, 11) is 0.